The first kappa shape index (κ1) is 11.4. The fourth-order valence-corrected chi connectivity index (χ4v) is 3.05. The maximum Gasteiger partial charge on any atom is 0.334 e. The number of aromatic nitrogens is 2. The minimum absolute atomic E-state index is 0.507. The van der Waals surface area contributed by atoms with Gasteiger partial charge in [-0.15, -0.1) is 0 Å². The highest BCUT2D eigenvalue weighted by molar-refractivity contribution is 5.85. The van der Waals surface area contributed by atoms with Gasteiger partial charge in [0.15, 0.2) is 5.52 Å². The van der Waals surface area contributed by atoms with Gasteiger partial charge in [0.1, 0.15) is 5.69 Å². The predicted molar refractivity (Wildman–Crippen MR) is 78.2 cm³/mol. The van der Waals surface area contributed by atoms with Gasteiger partial charge in [0.25, 0.3) is 0 Å². The molecular formula is C17H14N2O. The molecule has 4 rings (SSSR count). The van der Waals surface area contributed by atoms with Crippen LogP contribution in [0.1, 0.15) is 17.7 Å². The second-order valence-corrected chi connectivity index (χ2v) is 5.21. The molecule has 1 aliphatic rings. The van der Waals surface area contributed by atoms with Crippen molar-refractivity contribution in [3.63, 3.8) is 0 Å². The smallest absolute Gasteiger partial charge is 0.334 e. The van der Waals surface area contributed by atoms with Gasteiger partial charge >= 0.3 is 5.82 Å². The average molecular weight is 262 g/mol. The molecule has 0 saturated heterocycles. The lowest BCUT2D eigenvalue weighted by Gasteiger charge is -2.19. The summed E-state index contributed by atoms with van der Waals surface area (Å²) in [6.07, 6.45) is 2.91. The highest BCUT2D eigenvalue weighted by atomic mass is 16.5. The zero-order valence-corrected chi connectivity index (χ0v) is 11.0. The number of hydrogen-bond donors (Lipinski definition) is 0. The van der Waals surface area contributed by atoms with Crippen LogP contribution in [0, 0.1) is 5.21 Å². The second kappa shape index (κ2) is 4.30. The van der Waals surface area contributed by atoms with Crippen molar-refractivity contribution in [1.82, 2.24) is 4.98 Å². The van der Waals surface area contributed by atoms with Crippen LogP contribution in [0.2, 0.25) is 0 Å². The molecule has 3 nitrogen and oxygen atoms in total. The number of hydrogen-bond acceptors (Lipinski definition) is 2. The van der Waals surface area contributed by atoms with E-state index in [9.17, 15) is 5.21 Å². The monoisotopic (exact) mass is 262 g/mol. The Morgan fingerprint density at radius 2 is 1.80 bits per heavy atom. The molecule has 1 aromatic heterocycles. The number of aryl methyl sites for hydroxylation is 2. The molecule has 2 aromatic carbocycles. The molecule has 0 atom stereocenters. The lowest BCUT2D eigenvalue weighted by molar-refractivity contribution is -0.603. The van der Waals surface area contributed by atoms with Crippen LogP contribution >= 0.6 is 0 Å². The lowest BCUT2D eigenvalue weighted by Crippen LogP contribution is -2.37. The van der Waals surface area contributed by atoms with E-state index in [-0.39, 0.29) is 0 Å². The van der Waals surface area contributed by atoms with E-state index in [1.807, 2.05) is 42.5 Å². The topological polar surface area (TPSA) is 39.8 Å². The Kier molecular flexibility index (Phi) is 2.46. The molecule has 3 aromatic rings. The summed E-state index contributed by atoms with van der Waals surface area (Å²) in [5.74, 6) is 0.507. The maximum absolute atomic E-state index is 12.7. The van der Waals surface area contributed by atoms with Gasteiger partial charge in [-0.1, -0.05) is 30.3 Å². The third kappa shape index (κ3) is 1.59. The summed E-state index contributed by atoms with van der Waals surface area (Å²) in [5.41, 5.74) is 3.93. The third-order valence-corrected chi connectivity index (χ3v) is 3.97. The summed E-state index contributed by atoms with van der Waals surface area (Å²) in [5, 5.41) is 13.7. The molecule has 0 fully saturated rings. The minimum Gasteiger partial charge on any atom is -0.710 e. The summed E-state index contributed by atoms with van der Waals surface area (Å²) in [4.78, 5) is 4.60. The largest absolute Gasteiger partial charge is 0.710 e. The Bertz CT molecular complexity index is 797. The molecule has 0 radical (unpaired) electrons. The lowest BCUT2D eigenvalue weighted by atomic mass is 9.93. The fourth-order valence-electron chi connectivity index (χ4n) is 3.05. The molecule has 0 aliphatic heterocycles. The minimum atomic E-state index is 0.507. The summed E-state index contributed by atoms with van der Waals surface area (Å²) < 4.78 is 1.03. The van der Waals surface area contributed by atoms with E-state index in [0.717, 1.165) is 46.2 Å². The standard InChI is InChI=1S/C17H14N2O/c20-19-15-11-5-9-12-8-4-10-14(16(12)15)18-17(19)13-6-2-1-3-7-13/h1-4,6-8,10H,5,9,11H2. The van der Waals surface area contributed by atoms with E-state index in [0.29, 0.717) is 5.82 Å². The van der Waals surface area contributed by atoms with E-state index in [1.165, 1.54) is 5.56 Å². The molecule has 0 N–H and O–H groups in total. The number of rotatable bonds is 1. The first-order valence-corrected chi connectivity index (χ1v) is 6.94. The maximum atomic E-state index is 12.7. The highest BCUT2D eigenvalue weighted by Crippen LogP contribution is 2.28. The number of nitrogens with zero attached hydrogens (tertiary/aromatic N) is 2. The van der Waals surface area contributed by atoms with Crippen molar-refractivity contribution in [2.75, 3.05) is 0 Å². The van der Waals surface area contributed by atoms with E-state index in [4.69, 9.17) is 0 Å². The molecule has 20 heavy (non-hydrogen) atoms. The molecule has 0 bridgehead atoms. The van der Waals surface area contributed by atoms with Gasteiger partial charge in [0.05, 0.1) is 10.9 Å². The van der Waals surface area contributed by atoms with Crippen molar-refractivity contribution in [2.24, 2.45) is 0 Å². The predicted octanol–water partition coefficient (Wildman–Crippen LogP) is 3.02. The van der Waals surface area contributed by atoms with Gasteiger partial charge in [0, 0.05) is 6.42 Å². The molecule has 98 valence electrons. The Hall–Kier alpha value is -2.42. The second-order valence-electron chi connectivity index (χ2n) is 5.21. The summed E-state index contributed by atoms with van der Waals surface area (Å²) in [6.45, 7) is 0. The van der Waals surface area contributed by atoms with Crippen molar-refractivity contribution < 1.29 is 4.73 Å². The normalized spacial score (nSPS) is 13.6. The van der Waals surface area contributed by atoms with E-state index >= 15 is 0 Å². The highest BCUT2D eigenvalue weighted by Gasteiger charge is 2.23. The van der Waals surface area contributed by atoms with Crippen molar-refractivity contribution >= 4 is 10.9 Å². The molecule has 1 aliphatic carbocycles. The zero-order chi connectivity index (χ0) is 13.5. The Labute approximate surface area is 117 Å². The molecule has 0 spiro atoms. The third-order valence-electron chi connectivity index (χ3n) is 3.97. The average Bonchev–Trinajstić information content (AvgIpc) is 2.52. The summed E-state index contributed by atoms with van der Waals surface area (Å²) in [7, 11) is 0. The molecule has 0 unspecified atom stereocenters. The van der Waals surface area contributed by atoms with Crippen LogP contribution in [-0.2, 0) is 12.8 Å². The molecule has 0 saturated carbocycles. The van der Waals surface area contributed by atoms with Crippen molar-refractivity contribution in [3.05, 3.63) is 65.0 Å². The molecular weight excluding hydrogens is 248 g/mol. The van der Waals surface area contributed by atoms with Gasteiger partial charge in [-0.2, -0.15) is 0 Å². The van der Waals surface area contributed by atoms with Crippen LogP contribution in [0.3, 0.4) is 0 Å². The van der Waals surface area contributed by atoms with Gasteiger partial charge in [-0.3, -0.25) is 0 Å². The van der Waals surface area contributed by atoms with Crippen molar-refractivity contribution in [3.8, 4) is 11.4 Å². The van der Waals surface area contributed by atoms with Crippen molar-refractivity contribution in [1.29, 1.82) is 0 Å². The number of benzene rings is 2. The van der Waals surface area contributed by atoms with Crippen LogP contribution in [-0.4, -0.2) is 4.98 Å². The molecule has 0 amide bonds. The Balaban J connectivity index is 2.08. The van der Waals surface area contributed by atoms with Crippen LogP contribution in [0.5, 0.6) is 0 Å². The first-order chi connectivity index (χ1) is 9.84. The SMILES string of the molecule is [O-][n+]1c(-c2ccccc2)nc2cccc3c2c1CCC3. The van der Waals surface area contributed by atoms with Gasteiger partial charge in [-0.05, 0) is 41.6 Å². The molecule has 3 heteroatoms. The molecule has 1 heterocycles. The quantitative estimate of drug-likeness (QED) is 0.499. The van der Waals surface area contributed by atoms with Gasteiger partial charge in [0.2, 0.25) is 0 Å². The fraction of sp³-hybridized carbons (Fsp3) is 0.176. The Morgan fingerprint density at radius 3 is 2.65 bits per heavy atom. The van der Waals surface area contributed by atoms with Crippen LogP contribution < -0.4 is 4.73 Å². The van der Waals surface area contributed by atoms with Crippen LogP contribution in [0.4, 0.5) is 0 Å². The van der Waals surface area contributed by atoms with Crippen LogP contribution in [0.25, 0.3) is 22.3 Å². The van der Waals surface area contributed by atoms with Crippen molar-refractivity contribution in [2.45, 2.75) is 19.3 Å². The first-order valence-electron chi connectivity index (χ1n) is 6.94. The van der Waals surface area contributed by atoms with Gasteiger partial charge < -0.3 is 5.21 Å². The summed E-state index contributed by atoms with van der Waals surface area (Å²) in [6, 6.07) is 15.8. The Morgan fingerprint density at radius 1 is 0.950 bits per heavy atom. The van der Waals surface area contributed by atoms with E-state index in [2.05, 4.69) is 11.1 Å². The van der Waals surface area contributed by atoms with Crippen LogP contribution in [0.15, 0.2) is 48.5 Å². The van der Waals surface area contributed by atoms with Gasteiger partial charge in [-0.25, -0.2) is 4.73 Å². The summed E-state index contributed by atoms with van der Waals surface area (Å²) >= 11 is 0. The zero-order valence-electron chi connectivity index (χ0n) is 11.0. The van der Waals surface area contributed by atoms with E-state index in [1.54, 1.807) is 0 Å². The van der Waals surface area contributed by atoms with E-state index < -0.39 is 0 Å².